The maximum Gasteiger partial charge on any atom is 2.00 e. The van der Waals surface area contributed by atoms with E-state index in [0.717, 1.165) is 0 Å². The number of nitrogens with two attached hydrogens (primary N) is 2. The molecule has 6 N–H and O–H groups in total. The third kappa shape index (κ3) is 11.6. The Morgan fingerprint density at radius 2 is 0.815 bits per heavy atom. The van der Waals surface area contributed by atoms with Crippen LogP contribution in [0.2, 0.25) is 0 Å². The Balaban J connectivity index is 0.000000357. The number of benzene rings is 2. The van der Waals surface area contributed by atoms with Gasteiger partial charge in [-0.1, -0.05) is 57.2 Å². The molecule has 0 radical (unpaired) electrons. The molecule has 0 unspecified atom stereocenters. The minimum atomic E-state index is 0. The minimum absolute atomic E-state index is 0. The second-order valence-corrected chi connectivity index (χ2v) is 7.08. The Morgan fingerprint density at radius 3 is 1.00 bits per heavy atom. The largest absolute Gasteiger partial charge is 2.00 e. The van der Waals surface area contributed by atoms with Crippen LogP contribution in [0.5, 0.6) is 0 Å². The molecule has 0 aliphatic heterocycles. The number of H-pyrrole nitrogens is 2. The predicted octanol–water partition coefficient (Wildman–Crippen LogP) is 3.89. The number of rotatable bonds is 0. The van der Waals surface area contributed by atoms with Crippen molar-refractivity contribution in [2.45, 2.75) is 0 Å². The van der Waals surface area contributed by atoms with Crippen molar-refractivity contribution in [3.8, 4) is 0 Å². The summed E-state index contributed by atoms with van der Waals surface area (Å²) in [5.74, 6) is 0. The number of nitrogens with one attached hydrogen (secondary N) is 2. The van der Waals surface area contributed by atoms with Crippen LogP contribution in [0.4, 0.5) is 0 Å². The van der Waals surface area contributed by atoms with E-state index in [2.05, 4.69) is 95.4 Å². The zero-order valence-electron chi connectivity index (χ0n) is 14.4. The molecule has 0 saturated carbocycles. The summed E-state index contributed by atoms with van der Waals surface area (Å²) in [7, 11) is 0. The summed E-state index contributed by atoms with van der Waals surface area (Å²) in [6, 6.07) is 16.5. The van der Waals surface area contributed by atoms with Crippen LogP contribution >= 0.6 is 24.4 Å². The zero-order valence-corrected chi connectivity index (χ0v) is 20.7. The van der Waals surface area contributed by atoms with E-state index in [9.17, 15) is 0 Å². The molecule has 4 nitrogen and oxygen atoms in total. The number of hydrogen-bond acceptors (Lipinski definition) is 4. The van der Waals surface area contributed by atoms with Gasteiger partial charge in [-0.25, -0.2) is 0 Å². The molecular weight excluding hydrogens is 466 g/mol. The maximum atomic E-state index is 4.66. The van der Waals surface area contributed by atoms with Crippen LogP contribution < -0.4 is 11.5 Å². The Kier molecular flexibility index (Phi) is 13.6. The Bertz CT molecular complexity index is 806. The molecule has 2 heterocycles. The molecule has 0 fully saturated rings. The summed E-state index contributed by atoms with van der Waals surface area (Å²) in [5.41, 5.74) is 9.31. The van der Waals surface area contributed by atoms with Gasteiger partial charge in [0.2, 0.25) is 0 Å². The molecule has 4 aromatic rings. The van der Waals surface area contributed by atoms with Crippen LogP contribution in [0.15, 0.2) is 73.3 Å². The first-order valence-corrected chi connectivity index (χ1v) is 8.99. The van der Waals surface area contributed by atoms with Crippen molar-refractivity contribution >= 4 is 79.9 Å². The Morgan fingerprint density at radius 1 is 0.630 bits per heavy atom. The number of aromatic nitrogens is 2. The molecule has 0 aliphatic carbocycles. The van der Waals surface area contributed by atoms with Crippen molar-refractivity contribution in [2.24, 2.45) is 11.5 Å². The van der Waals surface area contributed by atoms with Crippen molar-refractivity contribution < 1.29 is 19.5 Å². The van der Waals surface area contributed by atoms with Crippen molar-refractivity contribution in [3.05, 3.63) is 73.3 Å². The van der Waals surface area contributed by atoms with Crippen LogP contribution in [0, 0.1) is 0 Å². The van der Waals surface area contributed by atoms with Gasteiger partial charge in [0.05, 0.1) is 0 Å². The fraction of sp³-hybridized carbons (Fsp3) is 0. The molecule has 0 aliphatic rings. The monoisotopic (exact) mass is 482 g/mol. The van der Waals surface area contributed by atoms with Crippen molar-refractivity contribution in [1.82, 2.24) is 9.97 Å². The first kappa shape index (κ1) is 25.4. The summed E-state index contributed by atoms with van der Waals surface area (Å²) in [4.78, 5) is 6.08. The van der Waals surface area contributed by atoms with E-state index in [1.807, 2.05) is 49.1 Å². The van der Waals surface area contributed by atoms with E-state index in [4.69, 9.17) is 0 Å². The molecule has 0 saturated heterocycles. The molecule has 0 spiro atoms. The second-order valence-electron chi connectivity index (χ2n) is 4.81. The number of hydrogen-bond donors (Lipinski definition) is 4. The van der Waals surface area contributed by atoms with Gasteiger partial charge in [-0.05, 0) is 21.5 Å². The van der Waals surface area contributed by atoms with Crippen molar-refractivity contribution in [2.75, 3.05) is 0 Å². The molecule has 2 aromatic heterocycles. The third-order valence-corrected chi connectivity index (χ3v) is 2.95. The van der Waals surface area contributed by atoms with Crippen molar-refractivity contribution in [1.29, 1.82) is 0 Å². The zero-order chi connectivity index (χ0) is 19.4. The first-order valence-electron chi connectivity index (χ1n) is 7.36. The van der Waals surface area contributed by atoms with Crippen LogP contribution in [-0.4, -0.2) is 18.6 Å². The summed E-state index contributed by atoms with van der Waals surface area (Å²) >= 11 is 16.5. The van der Waals surface area contributed by atoms with Gasteiger partial charge in [-0.3, -0.25) is 0 Å². The summed E-state index contributed by atoms with van der Waals surface area (Å²) in [6.07, 6.45) is 7.98. The van der Waals surface area contributed by atoms with Crippen LogP contribution in [0.3, 0.4) is 0 Å². The van der Waals surface area contributed by atoms with E-state index in [1.165, 1.54) is 21.5 Å². The molecule has 0 amide bonds. The quantitative estimate of drug-likeness (QED) is 0.172. The van der Waals surface area contributed by atoms with Gasteiger partial charge in [-0.15, -0.1) is 0 Å². The molecule has 0 atom stereocenters. The fourth-order valence-electron chi connectivity index (χ4n) is 1.99. The molecule has 4 rings (SSSR count). The first-order chi connectivity index (χ1) is 12.4. The van der Waals surface area contributed by atoms with Gasteiger partial charge >= 0.3 is 19.5 Å². The molecule has 27 heavy (non-hydrogen) atoms. The third-order valence-electron chi connectivity index (χ3n) is 2.95. The standard InChI is InChI=1S/2C8H7N.2CH3NS2.Zn/c2*1-2-4-8-6-9-5-7(8)3-1;2*2-1(3)4;/h2*1-6,9H;2*(H3,2,3,4);/q;;;;+2/p-2. The van der Waals surface area contributed by atoms with Crippen LogP contribution in [-0.2, 0) is 44.7 Å². The van der Waals surface area contributed by atoms with E-state index < -0.39 is 0 Å². The van der Waals surface area contributed by atoms with Gasteiger partial charge in [0.1, 0.15) is 0 Å². The molecule has 9 heteroatoms. The van der Waals surface area contributed by atoms with Gasteiger partial charge in [0, 0.05) is 24.8 Å². The fourth-order valence-corrected chi connectivity index (χ4v) is 1.99. The average Bonchev–Trinajstić information content (AvgIpc) is 3.23. The topological polar surface area (TPSA) is 83.6 Å². The van der Waals surface area contributed by atoms with Gasteiger partial charge in [0.15, 0.2) is 0 Å². The van der Waals surface area contributed by atoms with Gasteiger partial charge in [-0.2, -0.15) is 0 Å². The summed E-state index contributed by atoms with van der Waals surface area (Å²) in [5, 5.41) is 5.10. The van der Waals surface area contributed by atoms with E-state index in [-0.39, 0.29) is 28.1 Å². The van der Waals surface area contributed by atoms with Gasteiger partial charge < -0.3 is 71.1 Å². The van der Waals surface area contributed by atoms with Crippen LogP contribution in [0.25, 0.3) is 21.5 Å². The average molecular weight is 484 g/mol. The maximum absolute atomic E-state index is 4.66. The Hall–Kier alpha value is -1.64. The van der Waals surface area contributed by atoms with Crippen molar-refractivity contribution in [3.63, 3.8) is 0 Å². The van der Waals surface area contributed by atoms with E-state index in [0.29, 0.717) is 0 Å². The number of thiocarbonyl (C=S) groups is 2. The molecule has 136 valence electrons. The van der Waals surface area contributed by atoms with E-state index in [1.54, 1.807) is 0 Å². The van der Waals surface area contributed by atoms with Gasteiger partial charge in [0.25, 0.3) is 0 Å². The summed E-state index contributed by atoms with van der Waals surface area (Å²) < 4.78 is 0.167. The summed E-state index contributed by atoms with van der Waals surface area (Å²) in [6.45, 7) is 0. The number of fused-ring (bicyclic) bond motifs is 2. The predicted molar refractivity (Wildman–Crippen MR) is 125 cm³/mol. The van der Waals surface area contributed by atoms with E-state index >= 15 is 0 Å². The molecule has 2 aromatic carbocycles. The minimum Gasteiger partial charge on any atom is -0.415 e. The van der Waals surface area contributed by atoms with Crippen LogP contribution in [0.1, 0.15) is 0 Å². The normalized spacial score (nSPS) is 8.59. The Labute approximate surface area is 193 Å². The SMILES string of the molecule is NC(=S)[S-].NC(=S)[S-].[Zn+2].c1ccc2c[nH]cc2c1.c1ccc2c[nH]cc2c1. The second kappa shape index (κ2) is 14.4. The number of aromatic amines is 2. The molecule has 0 bridgehead atoms. The smallest absolute Gasteiger partial charge is 0.415 e. The molecular formula is C18H18N4S4Zn.